The molecule has 0 spiro atoms. The van der Waals surface area contributed by atoms with E-state index in [-0.39, 0.29) is 24.0 Å². The molecule has 1 fully saturated rings. The quantitative estimate of drug-likeness (QED) is 0.266. The van der Waals surface area contributed by atoms with Gasteiger partial charge in [0.2, 0.25) is 0 Å². The number of hydrogen-bond donors (Lipinski definition) is 2. The molecule has 25 heavy (non-hydrogen) atoms. The maximum Gasteiger partial charge on any atom is 0.193 e. The summed E-state index contributed by atoms with van der Waals surface area (Å²) in [5, 5.41) is 3.60. The van der Waals surface area contributed by atoms with Crippen molar-refractivity contribution in [3.8, 4) is 5.75 Å². The second-order valence-electron chi connectivity index (χ2n) is 6.47. The molecule has 1 aromatic rings. The summed E-state index contributed by atoms with van der Waals surface area (Å²) in [5.74, 6) is 1.95. The highest BCUT2D eigenvalue weighted by molar-refractivity contribution is 14.0. The molecular formula is C18H30ClIN4O. The Hall–Kier alpha value is -0.730. The Morgan fingerprint density at radius 1 is 1.36 bits per heavy atom. The molecule has 7 heteroatoms. The normalized spacial score (nSPS) is 16.4. The average molecular weight is 481 g/mol. The third-order valence-corrected chi connectivity index (χ3v) is 4.76. The minimum atomic E-state index is 0. The maximum absolute atomic E-state index is 6.09. The molecule has 0 amide bonds. The van der Waals surface area contributed by atoms with Crippen LogP contribution in [0.25, 0.3) is 0 Å². The SMILES string of the molecule is COc1ccc(NC(N)=NCCCCN2CCC(C)CC2)cc1Cl.I. The lowest BCUT2D eigenvalue weighted by Gasteiger charge is -2.30. The number of unbranched alkanes of at least 4 members (excludes halogenated alkanes) is 1. The second kappa shape index (κ2) is 11.8. The van der Waals surface area contributed by atoms with E-state index in [0.717, 1.165) is 24.6 Å². The molecule has 0 unspecified atom stereocenters. The van der Waals surface area contributed by atoms with Crippen molar-refractivity contribution in [1.29, 1.82) is 0 Å². The number of aliphatic imine (C=N–C) groups is 1. The van der Waals surface area contributed by atoms with E-state index in [0.29, 0.717) is 16.7 Å². The summed E-state index contributed by atoms with van der Waals surface area (Å²) in [6.45, 7) is 6.74. The van der Waals surface area contributed by atoms with Crippen molar-refractivity contribution in [1.82, 2.24) is 4.90 Å². The largest absolute Gasteiger partial charge is 0.495 e. The number of rotatable bonds is 7. The molecule has 1 aliphatic heterocycles. The maximum atomic E-state index is 6.09. The Morgan fingerprint density at radius 3 is 2.72 bits per heavy atom. The first-order valence-electron chi connectivity index (χ1n) is 8.71. The van der Waals surface area contributed by atoms with Gasteiger partial charge in [-0.2, -0.15) is 0 Å². The van der Waals surface area contributed by atoms with Crippen molar-refractivity contribution >= 4 is 47.2 Å². The topological polar surface area (TPSA) is 62.9 Å². The Morgan fingerprint density at radius 2 is 2.08 bits per heavy atom. The van der Waals surface area contributed by atoms with Crippen LogP contribution in [0.4, 0.5) is 5.69 Å². The van der Waals surface area contributed by atoms with E-state index in [4.69, 9.17) is 22.1 Å². The molecule has 0 bridgehead atoms. The molecule has 1 saturated heterocycles. The van der Waals surface area contributed by atoms with E-state index in [1.807, 2.05) is 6.07 Å². The van der Waals surface area contributed by atoms with Gasteiger partial charge in [-0.15, -0.1) is 24.0 Å². The molecule has 1 aliphatic rings. The lowest BCUT2D eigenvalue weighted by Crippen LogP contribution is -2.33. The van der Waals surface area contributed by atoms with E-state index >= 15 is 0 Å². The molecular weight excluding hydrogens is 451 g/mol. The van der Waals surface area contributed by atoms with E-state index in [1.54, 1.807) is 19.2 Å². The van der Waals surface area contributed by atoms with Crippen LogP contribution in [0.2, 0.25) is 5.02 Å². The molecule has 1 heterocycles. The van der Waals surface area contributed by atoms with Crippen molar-refractivity contribution < 1.29 is 4.74 Å². The number of piperidine rings is 1. The molecule has 142 valence electrons. The van der Waals surface area contributed by atoms with Gasteiger partial charge in [0.05, 0.1) is 12.1 Å². The molecule has 0 radical (unpaired) electrons. The molecule has 2 rings (SSSR count). The van der Waals surface area contributed by atoms with Crippen LogP contribution in [0.3, 0.4) is 0 Å². The van der Waals surface area contributed by atoms with Crippen LogP contribution in [0, 0.1) is 5.92 Å². The number of ether oxygens (including phenoxy) is 1. The number of nitrogens with two attached hydrogens (primary N) is 1. The predicted octanol–water partition coefficient (Wildman–Crippen LogP) is 4.21. The Bertz CT molecular complexity index is 548. The van der Waals surface area contributed by atoms with Gasteiger partial charge in [-0.3, -0.25) is 4.99 Å². The van der Waals surface area contributed by atoms with Crippen LogP contribution in [0.15, 0.2) is 23.2 Å². The van der Waals surface area contributed by atoms with Crippen LogP contribution in [0.1, 0.15) is 32.6 Å². The van der Waals surface area contributed by atoms with Crippen molar-refractivity contribution in [3.05, 3.63) is 23.2 Å². The molecule has 1 aromatic carbocycles. The summed E-state index contributed by atoms with van der Waals surface area (Å²) in [4.78, 5) is 6.94. The van der Waals surface area contributed by atoms with E-state index in [2.05, 4.69) is 22.1 Å². The fourth-order valence-electron chi connectivity index (χ4n) is 2.86. The highest BCUT2D eigenvalue weighted by atomic mass is 127. The van der Waals surface area contributed by atoms with Gasteiger partial charge in [-0.05, 0) is 69.4 Å². The highest BCUT2D eigenvalue weighted by Crippen LogP contribution is 2.27. The first-order chi connectivity index (χ1) is 11.6. The van der Waals surface area contributed by atoms with Crippen molar-refractivity contribution in [3.63, 3.8) is 0 Å². The summed E-state index contributed by atoms with van der Waals surface area (Å²) >= 11 is 6.09. The molecule has 5 nitrogen and oxygen atoms in total. The molecule has 0 aromatic heterocycles. The van der Waals surface area contributed by atoms with E-state index < -0.39 is 0 Å². The lowest BCUT2D eigenvalue weighted by molar-refractivity contribution is 0.190. The van der Waals surface area contributed by atoms with E-state index in [1.165, 1.54) is 38.9 Å². The number of guanidine groups is 1. The summed E-state index contributed by atoms with van der Waals surface area (Å²) < 4.78 is 5.13. The average Bonchev–Trinajstić information content (AvgIpc) is 2.56. The van der Waals surface area contributed by atoms with E-state index in [9.17, 15) is 0 Å². The van der Waals surface area contributed by atoms with Crippen molar-refractivity contribution in [2.75, 3.05) is 38.6 Å². The van der Waals surface area contributed by atoms with Crippen LogP contribution < -0.4 is 15.8 Å². The molecule has 0 aliphatic carbocycles. The van der Waals surface area contributed by atoms with Gasteiger partial charge in [0.1, 0.15) is 5.75 Å². The second-order valence-corrected chi connectivity index (χ2v) is 6.88. The van der Waals surface area contributed by atoms with Gasteiger partial charge in [0.15, 0.2) is 5.96 Å². The van der Waals surface area contributed by atoms with Crippen LogP contribution in [0.5, 0.6) is 5.75 Å². The number of likely N-dealkylation sites (tertiary alicyclic amines) is 1. The number of methoxy groups -OCH3 is 1. The van der Waals surface area contributed by atoms with Gasteiger partial charge in [0.25, 0.3) is 0 Å². The zero-order chi connectivity index (χ0) is 17.4. The number of anilines is 1. The Kier molecular flexibility index (Phi) is 10.5. The van der Waals surface area contributed by atoms with Crippen LogP contribution in [-0.4, -0.2) is 44.1 Å². The molecule has 0 atom stereocenters. The van der Waals surface area contributed by atoms with Crippen molar-refractivity contribution in [2.24, 2.45) is 16.6 Å². The van der Waals surface area contributed by atoms with Crippen LogP contribution >= 0.6 is 35.6 Å². The number of benzene rings is 1. The minimum absolute atomic E-state index is 0. The number of nitrogens with one attached hydrogen (secondary N) is 1. The predicted molar refractivity (Wildman–Crippen MR) is 118 cm³/mol. The standard InChI is InChI=1S/C18H29ClN4O.HI/c1-14-7-11-23(12-8-14)10-4-3-9-21-18(20)22-15-5-6-17(24-2)16(19)13-15;/h5-6,13-14H,3-4,7-12H2,1-2H3,(H3,20,21,22);1H. The van der Waals surface area contributed by atoms with Gasteiger partial charge in [-0.25, -0.2) is 0 Å². The number of nitrogens with zero attached hydrogens (tertiary/aromatic N) is 2. The molecule has 3 N–H and O–H groups in total. The lowest BCUT2D eigenvalue weighted by atomic mass is 9.99. The first kappa shape index (κ1) is 22.3. The Labute approximate surface area is 173 Å². The fourth-order valence-corrected chi connectivity index (χ4v) is 3.12. The zero-order valence-electron chi connectivity index (χ0n) is 15.1. The molecule has 0 saturated carbocycles. The first-order valence-corrected chi connectivity index (χ1v) is 9.09. The summed E-state index contributed by atoms with van der Waals surface area (Å²) in [5.41, 5.74) is 6.73. The summed E-state index contributed by atoms with van der Waals surface area (Å²) in [7, 11) is 1.59. The fraction of sp³-hybridized carbons (Fsp3) is 0.611. The monoisotopic (exact) mass is 480 g/mol. The smallest absolute Gasteiger partial charge is 0.193 e. The van der Waals surface area contributed by atoms with Gasteiger partial charge in [0, 0.05) is 12.2 Å². The summed E-state index contributed by atoms with van der Waals surface area (Å²) in [6, 6.07) is 5.45. The van der Waals surface area contributed by atoms with Gasteiger partial charge >= 0.3 is 0 Å². The number of hydrogen-bond acceptors (Lipinski definition) is 3. The van der Waals surface area contributed by atoms with Crippen LogP contribution in [-0.2, 0) is 0 Å². The minimum Gasteiger partial charge on any atom is -0.495 e. The number of halogens is 2. The van der Waals surface area contributed by atoms with Gasteiger partial charge in [-0.1, -0.05) is 18.5 Å². The van der Waals surface area contributed by atoms with Crippen molar-refractivity contribution in [2.45, 2.75) is 32.6 Å². The third-order valence-electron chi connectivity index (χ3n) is 4.47. The summed E-state index contributed by atoms with van der Waals surface area (Å²) in [6.07, 6.45) is 4.89. The van der Waals surface area contributed by atoms with Gasteiger partial charge < -0.3 is 20.7 Å². The highest BCUT2D eigenvalue weighted by Gasteiger charge is 2.14. The third kappa shape index (κ3) is 8.00. The zero-order valence-corrected chi connectivity index (χ0v) is 18.2. The Balaban J connectivity index is 0.00000312.